The molecular weight excluding hydrogens is 429 g/mol. The topological polar surface area (TPSA) is 75.8 Å². The minimum Gasteiger partial charge on any atom is -0.493 e. The Balaban J connectivity index is 0.00000225. The first kappa shape index (κ1) is 19.3. The molecule has 0 fully saturated rings. The zero-order valence-corrected chi connectivity index (χ0v) is 16.8. The van der Waals surface area contributed by atoms with Crippen molar-refractivity contribution < 1.29 is 4.74 Å². The van der Waals surface area contributed by atoms with Gasteiger partial charge in [0.25, 0.3) is 0 Å². The van der Waals surface area contributed by atoms with Crippen LogP contribution in [-0.4, -0.2) is 31.6 Å². The molecule has 0 amide bonds. The van der Waals surface area contributed by atoms with Crippen LogP contribution in [0.15, 0.2) is 47.6 Å². The summed E-state index contributed by atoms with van der Waals surface area (Å²) in [6.07, 6.45) is 2.70. The molecule has 3 N–H and O–H groups in total. The molecule has 1 aliphatic heterocycles. The maximum Gasteiger partial charge on any atom is 0.189 e. The molecule has 134 valence electrons. The molecule has 3 rings (SSSR count). The SMILES string of the molecule is CN(C)c1ccc(CN=C(N)NC2CCOc3ccccc32)cn1.I. The van der Waals surface area contributed by atoms with Crippen molar-refractivity contribution in [1.82, 2.24) is 10.3 Å². The molecule has 6 nitrogen and oxygen atoms in total. The minimum atomic E-state index is 0. The number of nitrogens with one attached hydrogen (secondary N) is 1. The number of rotatable bonds is 4. The molecule has 7 heteroatoms. The third-order valence-electron chi connectivity index (χ3n) is 3.98. The van der Waals surface area contributed by atoms with Gasteiger partial charge in [-0.1, -0.05) is 24.3 Å². The number of benzene rings is 1. The Morgan fingerprint density at radius 1 is 1.32 bits per heavy atom. The molecular formula is C18H24IN5O. The Morgan fingerprint density at radius 3 is 2.84 bits per heavy atom. The van der Waals surface area contributed by atoms with E-state index >= 15 is 0 Å². The average Bonchev–Trinajstić information content (AvgIpc) is 2.61. The van der Waals surface area contributed by atoms with Crippen LogP contribution in [0.1, 0.15) is 23.6 Å². The summed E-state index contributed by atoms with van der Waals surface area (Å²) in [5.41, 5.74) is 8.21. The maximum absolute atomic E-state index is 6.06. The third kappa shape index (κ3) is 4.97. The largest absolute Gasteiger partial charge is 0.493 e. The van der Waals surface area contributed by atoms with Crippen LogP contribution in [0.3, 0.4) is 0 Å². The van der Waals surface area contributed by atoms with Crippen LogP contribution in [0, 0.1) is 0 Å². The number of fused-ring (bicyclic) bond motifs is 1. The Morgan fingerprint density at radius 2 is 2.12 bits per heavy atom. The predicted octanol–water partition coefficient (Wildman–Crippen LogP) is 2.69. The lowest BCUT2D eigenvalue weighted by Gasteiger charge is -2.26. The quantitative estimate of drug-likeness (QED) is 0.423. The lowest BCUT2D eigenvalue weighted by Crippen LogP contribution is -2.37. The van der Waals surface area contributed by atoms with Crippen molar-refractivity contribution in [1.29, 1.82) is 0 Å². The molecule has 25 heavy (non-hydrogen) atoms. The highest BCUT2D eigenvalue weighted by Crippen LogP contribution is 2.31. The molecule has 0 radical (unpaired) electrons. The van der Waals surface area contributed by atoms with Crippen molar-refractivity contribution in [2.45, 2.75) is 19.0 Å². The summed E-state index contributed by atoms with van der Waals surface area (Å²) in [6.45, 7) is 1.18. The van der Waals surface area contributed by atoms with E-state index < -0.39 is 0 Å². The van der Waals surface area contributed by atoms with Gasteiger partial charge in [-0.2, -0.15) is 0 Å². The number of aromatic nitrogens is 1. The first-order valence-corrected chi connectivity index (χ1v) is 8.04. The van der Waals surface area contributed by atoms with E-state index in [4.69, 9.17) is 10.5 Å². The number of nitrogens with two attached hydrogens (primary N) is 1. The number of anilines is 1. The van der Waals surface area contributed by atoms with Crippen LogP contribution in [0.25, 0.3) is 0 Å². The van der Waals surface area contributed by atoms with Crippen LogP contribution >= 0.6 is 24.0 Å². The normalized spacial score (nSPS) is 16.2. The summed E-state index contributed by atoms with van der Waals surface area (Å²) in [4.78, 5) is 10.8. The molecule has 2 heterocycles. The number of pyridine rings is 1. The summed E-state index contributed by atoms with van der Waals surface area (Å²) in [5.74, 6) is 2.28. The van der Waals surface area contributed by atoms with Crippen LogP contribution in [0.5, 0.6) is 5.75 Å². The van der Waals surface area contributed by atoms with Crippen molar-refractivity contribution in [3.8, 4) is 5.75 Å². The highest BCUT2D eigenvalue weighted by atomic mass is 127. The van der Waals surface area contributed by atoms with Gasteiger partial charge in [0.15, 0.2) is 5.96 Å². The van der Waals surface area contributed by atoms with Crippen molar-refractivity contribution in [3.63, 3.8) is 0 Å². The Labute approximate surface area is 165 Å². The fraction of sp³-hybridized carbons (Fsp3) is 0.333. The standard InChI is InChI=1S/C18H23N5O.HI/c1-23(2)17-8-7-13(11-20-17)12-21-18(19)22-15-9-10-24-16-6-4-3-5-14(15)16;/h3-8,11,15H,9-10,12H2,1-2H3,(H3,19,21,22);1H. The molecule has 0 aliphatic carbocycles. The Bertz CT molecular complexity index is 718. The molecule has 1 aromatic heterocycles. The van der Waals surface area contributed by atoms with E-state index in [1.807, 2.05) is 55.5 Å². The Hall–Kier alpha value is -2.03. The first-order chi connectivity index (χ1) is 11.6. The average molecular weight is 453 g/mol. The van der Waals surface area contributed by atoms with E-state index in [2.05, 4.69) is 21.4 Å². The van der Waals surface area contributed by atoms with E-state index in [0.717, 1.165) is 29.1 Å². The van der Waals surface area contributed by atoms with Gasteiger partial charge in [0.2, 0.25) is 0 Å². The van der Waals surface area contributed by atoms with E-state index in [1.165, 1.54) is 0 Å². The second-order valence-corrected chi connectivity index (χ2v) is 5.99. The van der Waals surface area contributed by atoms with E-state index in [9.17, 15) is 0 Å². The second-order valence-electron chi connectivity index (χ2n) is 5.99. The number of ether oxygens (including phenoxy) is 1. The van der Waals surface area contributed by atoms with Gasteiger partial charge < -0.3 is 20.7 Å². The number of hydrogen-bond acceptors (Lipinski definition) is 4. The minimum absolute atomic E-state index is 0. The molecule has 0 spiro atoms. The van der Waals surface area contributed by atoms with E-state index in [-0.39, 0.29) is 30.0 Å². The third-order valence-corrected chi connectivity index (χ3v) is 3.98. The number of hydrogen-bond donors (Lipinski definition) is 2. The first-order valence-electron chi connectivity index (χ1n) is 8.04. The summed E-state index contributed by atoms with van der Waals surface area (Å²) in [6, 6.07) is 12.1. The number of para-hydroxylation sites is 1. The Kier molecular flexibility index (Phi) is 6.86. The summed E-state index contributed by atoms with van der Waals surface area (Å²) in [5, 5.41) is 3.29. The summed E-state index contributed by atoms with van der Waals surface area (Å²) >= 11 is 0. The predicted molar refractivity (Wildman–Crippen MR) is 112 cm³/mol. The van der Waals surface area contributed by atoms with Gasteiger partial charge in [0.1, 0.15) is 11.6 Å². The highest BCUT2D eigenvalue weighted by Gasteiger charge is 2.21. The van der Waals surface area contributed by atoms with Crippen molar-refractivity contribution in [3.05, 3.63) is 53.7 Å². The van der Waals surface area contributed by atoms with Crippen molar-refractivity contribution in [2.75, 3.05) is 25.6 Å². The number of nitrogens with zero attached hydrogens (tertiary/aromatic N) is 3. The van der Waals surface area contributed by atoms with Gasteiger partial charge in [-0.05, 0) is 17.7 Å². The van der Waals surface area contributed by atoms with Crippen LogP contribution in [0.2, 0.25) is 0 Å². The molecule has 1 aromatic carbocycles. The zero-order chi connectivity index (χ0) is 16.9. The zero-order valence-electron chi connectivity index (χ0n) is 14.5. The number of aliphatic imine (C=N–C) groups is 1. The molecule has 0 bridgehead atoms. The van der Waals surface area contributed by atoms with E-state index in [0.29, 0.717) is 19.1 Å². The van der Waals surface area contributed by atoms with Crippen LogP contribution in [0.4, 0.5) is 5.82 Å². The van der Waals surface area contributed by atoms with Crippen LogP contribution in [-0.2, 0) is 6.54 Å². The molecule has 0 saturated heterocycles. The van der Waals surface area contributed by atoms with Gasteiger partial charge in [0.05, 0.1) is 19.2 Å². The lowest BCUT2D eigenvalue weighted by molar-refractivity contribution is 0.262. The fourth-order valence-electron chi connectivity index (χ4n) is 2.67. The van der Waals surface area contributed by atoms with Crippen molar-refractivity contribution >= 4 is 35.8 Å². The van der Waals surface area contributed by atoms with Gasteiger partial charge in [-0.3, -0.25) is 0 Å². The second kappa shape index (κ2) is 8.89. The molecule has 2 aromatic rings. The maximum atomic E-state index is 6.06. The number of halogens is 1. The molecule has 1 unspecified atom stereocenters. The fourth-order valence-corrected chi connectivity index (χ4v) is 2.67. The molecule has 1 atom stereocenters. The summed E-state index contributed by atoms with van der Waals surface area (Å²) < 4.78 is 5.66. The van der Waals surface area contributed by atoms with E-state index in [1.54, 1.807) is 0 Å². The highest BCUT2D eigenvalue weighted by molar-refractivity contribution is 14.0. The summed E-state index contributed by atoms with van der Waals surface area (Å²) in [7, 11) is 3.93. The lowest BCUT2D eigenvalue weighted by atomic mass is 10.0. The van der Waals surface area contributed by atoms with Gasteiger partial charge in [-0.25, -0.2) is 9.98 Å². The molecule has 1 aliphatic rings. The molecule has 0 saturated carbocycles. The van der Waals surface area contributed by atoms with Gasteiger partial charge in [-0.15, -0.1) is 24.0 Å². The van der Waals surface area contributed by atoms with Crippen molar-refractivity contribution in [2.24, 2.45) is 10.7 Å². The van der Waals surface area contributed by atoms with Gasteiger partial charge >= 0.3 is 0 Å². The smallest absolute Gasteiger partial charge is 0.189 e. The number of guanidine groups is 1. The van der Waals surface area contributed by atoms with Crippen LogP contribution < -0.4 is 20.7 Å². The van der Waals surface area contributed by atoms with Gasteiger partial charge in [0, 0.05) is 32.3 Å². The monoisotopic (exact) mass is 453 g/mol.